The lowest BCUT2D eigenvalue weighted by molar-refractivity contribution is -0.274. The predicted molar refractivity (Wildman–Crippen MR) is 153 cm³/mol. The molecule has 1 fully saturated rings. The number of benzene rings is 1. The molecule has 1 N–H and O–H groups in total. The second-order valence-corrected chi connectivity index (χ2v) is 11.0. The first-order chi connectivity index (χ1) is 20.7. The monoisotopic (exact) mass is 611 g/mol. The van der Waals surface area contributed by atoms with Crippen LogP contribution in [0, 0.1) is 5.92 Å². The molecule has 1 aromatic carbocycles. The molecule has 1 aliphatic rings. The summed E-state index contributed by atoms with van der Waals surface area (Å²) < 4.78 is 41.2. The van der Waals surface area contributed by atoms with E-state index in [0.717, 1.165) is 48.9 Å². The van der Waals surface area contributed by atoms with E-state index in [2.05, 4.69) is 35.4 Å². The highest BCUT2D eigenvalue weighted by molar-refractivity contribution is 7.15. The Balaban J connectivity index is 1.08. The van der Waals surface area contributed by atoms with Crippen LogP contribution in [-0.2, 0) is 28.9 Å². The van der Waals surface area contributed by atoms with Crippen molar-refractivity contribution in [1.29, 1.82) is 0 Å². The van der Waals surface area contributed by atoms with Crippen LogP contribution in [0.15, 0.2) is 60.8 Å². The Morgan fingerprint density at radius 2 is 1.81 bits per heavy atom. The minimum absolute atomic E-state index is 0.00557. The molecule has 0 bridgehead atoms. The number of amides is 2. The third kappa shape index (κ3) is 8.53. The summed E-state index contributed by atoms with van der Waals surface area (Å²) in [5, 5.41) is 20.8. The summed E-state index contributed by atoms with van der Waals surface area (Å²) in [6.45, 7) is 0. The SMILES string of the molecule is O=C(Cc1cccc(OC(F)(F)F)c1)Nc1ccc(CCCCc2nnc(N(C(=O)C3CCC3)c3ccccn3)s2)nn1. The molecule has 1 saturated carbocycles. The van der Waals surface area contributed by atoms with Crippen LogP contribution >= 0.6 is 11.3 Å². The van der Waals surface area contributed by atoms with Crippen LogP contribution in [0.5, 0.6) is 5.75 Å². The Bertz CT molecular complexity index is 1530. The normalized spacial score (nSPS) is 13.3. The molecule has 0 unspecified atom stereocenters. The summed E-state index contributed by atoms with van der Waals surface area (Å²) in [4.78, 5) is 31.4. The van der Waals surface area contributed by atoms with Gasteiger partial charge in [-0.25, -0.2) is 9.88 Å². The lowest BCUT2D eigenvalue weighted by atomic mass is 9.84. The van der Waals surface area contributed by atoms with Gasteiger partial charge in [-0.1, -0.05) is 36.0 Å². The Hall–Kier alpha value is -4.46. The average molecular weight is 612 g/mol. The number of rotatable bonds is 12. The van der Waals surface area contributed by atoms with Crippen LogP contribution in [0.2, 0.25) is 0 Å². The van der Waals surface area contributed by atoms with Gasteiger partial charge in [0, 0.05) is 18.5 Å². The van der Waals surface area contributed by atoms with Crippen LogP contribution in [-0.4, -0.2) is 43.6 Å². The summed E-state index contributed by atoms with van der Waals surface area (Å²) in [6, 6.07) is 14.1. The minimum atomic E-state index is -4.81. The van der Waals surface area contributed by atoms with Gasteiger partial charge in [0.15, 0.2) is 5.82 Å². The molecule has 3 aromatic heterocycles. The maximum atomic E-state index is 13.1. The zero-order chi connectivity index (χ0) is 30.2. The first kappa shape index (κ1) is 30.0. The quantitative estimate of drug-likeness (QED) is 0.199. The number of aromatic nitrogens is 5. The third-order valence-corrected chi connectivity index (χ3v) is 7.73. The zero-order valence-corrected chi connectivity index (χ0v) is 23.8. The molecule has 43 heavy (non-hydrogen) atoms. The topological polar surface area (TPSA) is 123 Å². The van der Waals surface area contributed by atoms with Gasteiger partial charge < -0.3 is 10.1 Å². The summed E-state index contributed by atoms with van der Waals surface area (Å²) in [5.74, 6) is -0.0426. The molecule has 0 saturated heterocycles. The summed E-state index contributed by atoms with van der Waals surface area (Å²) in [6.07, 6.45) is 2.51. The first-order valence-corrected chi connectivity index (χ1v) is 14.6. The van der Waals surface area contributed by atoms with Crippen molar-refractivity contribution in [2.45, 2.75) is 57.7 Å². The number of carbonyl (C=O) groups is 2. The van der Waals surface area contributed by atoms with Gasteiger partial charge in [0.2, 0.25) is 16.9 Å². The molecule has 0 atom stereocenters. The Morgan fingerprint density at radius 3 is 2.51 bits per heavy atom. The van der Waals surface area contributed by atoms with E-state index in [4.69, 9.17) is 0 Å². The third-order valence-electron chi connectivity index (χ3n) is 6.76. The van der Waals surface area contributed by atoms with Crippen LogP contribution in [0.3, 0.4) is 0 Å². The van der Waals surface area contributed by atoms with Gasteiger partial charge in [0.1, 0.15) is 16.6 Å². The van der Waals surface area contributed by atoms with Gasteiger partial charge >= 0.3 is 6.36 Å². The second-order valence-electron chi connectivity index (χ2n) is 10.0. The van der Waals surface area contributed by atoms with E-state index in [-0.39, 0.29) is 29.8 Å². The average Bonchev–Trinajstić information content (AvgIpc) is 3.39. The number of aryl methyl sites for hydroxylation is 2. The highest BCUT2D eigenvalue weighted by Gasteiger charge is 2.33. The fourth-order valence-corrected chi connectivity index (χ4v) is 5.33. The number of pyridine rings is 1. The number of hydrogen-bond donors (Lipinski definition) is 1. The van der Waals surface area contributed by atoms with Crippen molar-refractivity contribution in [3.63, 3.8) is 0 Å². The van der Waals surface area contributed by atoms with E-state index in [1.165, 1.54) is 29.5 Å². The van der Waals surface area contributed by atoms with E-state index in [0.29, 0.717) is 29.4 Å². The molecule has 0 aliphatic heterocycles. The molecule has 2 amide bonds. The maximum Gasteiger partial charge on any atom is 0.573 e. The van der Waals surface area contributed by atoms with Crippen molar-refractivity contribution in [3.8, 4) is 5.75 Å². The van der Waals surface area contributed by atoms with E-state index >= 15 is 0 Å². The van der Waals surface area contributed by atoms with E-state index in [1.807, 2.05) is 6.07 Å². The van der Waals surface area contributed by atoms with Gasteiger partial charge in [0.05, 0.1) is 12.1 Å². The van der Waals surface area contributed by atoms with Crippen LogP contribution in [0.1, 0.15) is 48.4 Å². The highest BCUT2D eigenvalue weighted by atomic mass is 32.1. The van der Waals surface area contributed by atoms with E-state index in [1.54, 1.807) is 35.4 Å². The number of hydrogen-bond acceptors (Lipinski definition) is 9. The standard InChI is InChI=1S/C29H28F3N7O3S/c30-29(31,32)42-22-11-5-7-19(17-22)18-25(40)34-23-15-14-21(35-36-23)10-1-2-13-26-37-38-28(43-26)39(24-12-3-4-16-33-24)27(41)20-8-6-9-20/h3-5,7,11-12,14-17,20H,1-2,6,8-10,13,18H2,(H,34,36,40). The van der Waals surface area contributed by atoms with Crippen LogP contribution in [0.4, 0.5) is 29.9 Å². The summed E-state index contributed by atoms with van der Waals surface area (Å²) in [7, 11) is 0. The fraction of sp³-hybridized carbons (Fsp3) is 0.345. The first-order valence-electron chi connectivity index (χ1n) is 13.8. The van der Waals surface area contributed by atoms with Gasteiger partial charge in [-0.3, -0.25) is 9.59 Å². The fourth-order valence-electron chi connectivity index (χ4n) is 4.43. The number of alkyl halides is 3. The van der Waals surface area contributed by atoms with Crippen molar-refractivity contribution in [3.05, 3.63) is 77.1 Å². The van der Waals surface area contributed by atoms with E-state index in [9.17, 15) is 22.8 Å². The molecule has 14 heteroatoms. The Morgan fingerprint density at radius 1 is 0.977 bits per heavy atom. The van der Waals surface area contributed by atoms with Crippen molar-refractivity contribution < 1.29 is 27.5 Å². The Labute approximate surface area is 249 Å². The molecule has 10 nitrogen and oxygen atoms in total. The molecule has 224 valence electrons. The van der Waals surface area contributed by atoms with Crippen LogP contribution in [0.25, 0.3) is 0 Å². The van der Waals surface area contributed by atoms with E-state index < -0.39 is 12.3 Å². The molecular formula is C29H28F3N7O3S. The molecule has 5 rings (SSSR count). The number of unbranched alkanes of at least 4 members (excludes halogenated alkanes) is 1. The van der Waals surface area contributed by atoms with Gasteiger partial charge in [0.25, 0.3) is 0 Å². The summed E-state index contributed by atoms with van der Waals surface area (Å²) in [5.41, 5.74) is 1.11. The molecule has 4 aromatic rings. The number of ether oxygens (including phenoxy) is 1. The van der Waals surface area contributed by atoms with Crippen LogP contribution < -0.4 is 15.0 Å². The molecule has 1 aliphatic carbocycles. The van der Waals surface area contributed by atoms with Crippen molar-refractivity contribution in [1.82, 2.24) is 25.4 Å². The summed E-state index contributed by atoms with van der Waals surface area (Å²) >= 11 is 1.39. The van der Waals surface area contributed by atoms with Gasteiger partial charge in [-0.2, -0.15) is 5.10 Å². The highest BCUT2D eigenvalue weighted by Crippen LogP contribution is 2.35. The molecule has 0 spiro atoms. The molecule has 3 heterocycles. The number of nitrogens with one attached hydrogen (secondary N) is 1. The van der Waals surface area contributed by atoms with Crippen molar-refractivity contribution in [2.24, 2.45) is 5.92 Å². The largest absolute Gasteiger partial charge is 0.573 e. The smallest absolute Gasteiger partial charge is 0.406 e. The number of anilines is 3. The maximum absolute atomic E-state index is 13.1. The zero-order valence-electron chi connectivity index (χ0n) is 23.0. The van der Waals surface area contributed by atoms with Gasteiger partial charge in [-0.05, 0) is 74.1 Å². The number of nitrogens with zero attached hydrogens (tertiary/aromatic N) is 6. The van der Waals surface area contributed by atoms with Crippen molar-refractivity contribution in [2.75, 3.05) is 10.2 Å². The van der Waals surface area contributed by atoms with Crippen molar-refractivity contribution >= 4 is 39.9 Å². The van der Waals surface area contributed by atoms with Gasteiger partial charge in [-0.15, -0.1) is 28.5 Å². The second kappa shape index (κ2) is 13.7. The number of carbonyl (C=O) groups excluding carboxylic acids is 2. The predicted octanol–water partition coefficient (Wildman–Crippen LogP) is 5.83. The number of halogens is 3. The lowest BCUT2D eigenvalue weighted by Gasteiger charge is -2.29. The minimum Gasteiger partial charge on any atom is -0.406 e. The lowest BCUT2D eigenvalue weighted by Crippen LogP contribution is -2.36. The molecular weight excluding hydrogens is 583 g/mol. The molecule has 0 radical (unpaired) electrons. The Kier molecular flexibility index (Phi) is 9.55.